The molecule has 0 fully saturated rings. The van der Waals surface area contributed by atoms with Crippen molar-refractivity contribution in [2.75, 3.05) is 0 Å². The second kappa shape index (κ2) is 11.9. The van der Waals surface area contributed by atoms with Crippen molar-refractivity contribution in [1.29, 1.82) is 0 Å². The van der Waals surface area contributed by atoms with Gasteiger partial charge in [0.05, 0.1) is 0 Å². The highest BCUT2D eigenvalue weighted by atomic mass is 35.5. The molecule has 0 radical (unpaired) electrons. The number of hydrogen-bond acceptors (Lipinski definition) is 10. The van der Waals surface area contributed by atoms with Gasteiger partial charge in [0.25, 0.3) is 30.7 Å². The number of esters is 2. The number of ether oxygens (including phenoxy) is 2. The van der Waals surface area contributed by atoms with Gasteiger partial charge in [0.15, 0.2) is 11.5 Å². The quantitative estimate of drug-likeness (QED) is 0.129. The first-order chi connectivity index (χ1) is 16.6. The van der Waals surface area contributed by atoms with Gasteiger partial charge in [-0.25, -0.2) is 0 Å². The minimum absolute atomic E-state index is 0.0538. The zero-order chi connectivity index (χ0) is 27.3. The lowest BCUT2D eigenvalue weighted by molar-refractivity contribution is -0.136. The standard InChI is InChI=1S/C20H16Cl2O12S2/c21-19(25)11-5-7-13(15(9-11)35(27,28)29)33-17(23)3-1-2-4-18(24)34-14-8-6-12(20(22)26)10-16(14)36(30,31)32/h5-10H,1-4H2,(H,27,28,29)(H,30,31,32). The fourth-order valence-corrected chi connectivity index (χ4v) is 4.23. The van der Waals surface area contributed by atoms with Crippen LogP contribution in [0.25, 0.3) is 0 Å². The van der Waals surface area contributed by atoms with Crippen LogP contribution in [0.1, 0.15) is 46.4 Å². The van der Waals surface area contributed by atoms with Gasteiger partial charge in [0, 0.05) is 24.0 Å². The van der Waals surface area contributed by atoms with E-state index in [4.69, 9.17) is 32.7 Å². The Labute approximate surface area is 214 Å². The molecule has 194 valence electrons. The molecule has 2 aromatic rings. The third-order valence-electron chi connectivity index (χ3n) is 4.36. The molecule has 0 bridgehead atoms. The molecule has 0 aliphatic heterocycles. The van der Waals surface area contributed by atoms with E-state index < -0.39 is 63.9 Å². The van der Waals surface area contributed by atoms with Crippen LogP contribution in [-0.4, -0.2) is 48.4 Å². The summed E-state index contributed by atoms with van der Waals surface area (Å²) in [6, 6.07) is 5.56. The van der Waals surface area contributed by atoms with Crippen LogP contribution in [0.4, 0.5) is 0 Å². The molecule has 2 N–H and O–H groups in total. The Morgan fingerprint density at radius 2 is 1.00 bits per heavy atom. The normalized spacial score (nSPS) is 11.6. The summed E-state index contributed by atoms with van der Waals surface area (Å²) >= 11 is 10.5. The van der Waals surface area contributed by atoms with Gasteiger partial charge in [-0.15, -0.1) is 0 Å². The van der Waals surface area contributed by atoms with Crippen LogP contribution in [-0.2, 0) is 29.8 Å². The van der Waals surface area contributed by atoms with Gasteiger partial charge < -0.3 is 9.47 Å². The van der Waals surface area contributed by atoms with Crippen LogP contribution in [0.15, 0.2) is 46.2 Å². The summed E-state index contributed by atoms with van der Waals surface area (Å²) in [5, 5.41) is -2.01. The van der Waals surface area contributed by atoms with E-state index in [-0.39, 0.29) is 36.8 Å². The van der Waals surface area contributed by atoms with Crippen molar-refractivity contribution >= 4 is 65.9 Å². The predicted octanol–water partition coefficient (Wildman–Crippen LogP) is 3.01. The van der Waals surface area contributed by atoms with E-state index >= 15 is 0 Å². The molecular weight excluding hydrogens is 567 g/mol. The van der Waals surface area contributed by atoms with Gasteiger partial charge in [0.2, 0.25) is 0 Å². The summed E-state index contributed by atoms with van der Waals surface area (Å²) in [4.78, 5) is 44.8. The van der Waals surface area contributed by atoms with E-state index in [0.29, 0.717) is 0 Å². The molecule has 0 saturated heterocycles. The molecule has 0 unspecified atom stereocenters. The lowest BCUT2D eigenvalue weighted by atomic mass is 10.2. The van der Waals surface area contributed by atoms with Gasteiger partial charge in [-0.2, -0.15) is 16.8 Å². The number of unbranched alkanes of at least 4 members (excludes halogenated alkanes) is 1. The highest BCUT2D eigenvalue weighted by Crippen LogP contribution is 2.28. The van der Waals surface area contributed by atoms with E-state index in [1.165, 1.54) is 0 Å². The van der Waals surface area contributed by atoms with E-state index in [2.05, 4.69) is 0 Å². The molecular formula is C20H16Cl2O12S2. The van der Waals surface area contributed by atoms with Crippen LogP contribution in [0, 0.1) is 0 Å². The van der Waals surface area contributed by atoms with Gasteiger partial charge >= 0.3 is 11.9 Å². The van der Waals surface area contributed by atoms with Crippen LogP contribution in [0.2, 0.25) is 0 Å². The summed E-state index contributed by atoms with van der Waals surface area (Å²) in [5.41, 5.74) is -0.521. The Morgan fingerprint density at radius 1 is 0.667 bits per heavy atom. The zero-order valence-corrected chi connectivity index (χ0v) is 21.0. The molecule has 0 atom stereocenters. The SMILES string of the molecule is O=C(CCCCC(=O)Oc1ccc(C(=O)Cl)cc1S(=O)(=O)O)Oc1ccc(C(=O)Cl)cc1S(=O)(=O)O. The average molecular weight is 583 g/mol. The fourth-order valence-electron chi connectivity index (χ4n) is 2.72. The average Bonchev–Trinajstić information content (AvgIpc) is 2.75. The van der Waals surface area contributed by atoms with Crippen molar-refractivity contribution in [3.63, 3.8) is 0 Å². The Morgan fingerprint density at radius 3 is 1.28 bits per heavy atom. The third kappa shape index (κ3) is 8.36. The highest BCUT2D eigenvalue weighted by molar-refractivity contribution is 7.86. The third-order valence-corrected chi connectivity index (χ3v) is 6.54. The number of benzene rings is 2. The summed E-state index contributed by atoms with van der Waals surface area (Å²) in [6.45, 7) is 0. The van der Waals surface area contributed by atoms with Crippen LogP contribution < -0.4 is 9.47 Å². The lowest BCUT2D eigenvalue weighted by Crippen LogP contribution is -2.13. The molecule has 2 aromatic carbocycles. The maximum Gasteiger partial charge on any atom is 0.311 e. The molecule has 16 heteroatoms. The molecule has 0 aromatic heterocycles. The van der Waals surface area contributed by atoms with Crippen molar-refractivity contribution in [1.82, 2.24) is 0 Å². The predicted molar refractivity (Wildman–Crippen MR) is 123 cm³/mol. The maximum atomic E-state index is 12.0. The zero-order valence-electron chi connectivity index (χ0n) is 17.8. The molecule has 0 aliphatic rings. The van der Waals surface area contributed by atoms with E-state index in [1.54, 1.807) is 0 Å². The number of rotatable bonds is 11. The second-order valence-corrected chi connectivity index (χ2v) is 10.4. The Balaban J connectivity index is 1.96. The first-order valence-corrected chi connectivity index (χ1v) is 13.3. The van der Waals surface area contributed by atoms with Gasteiger partial charge in [0.1, 0.15) is 9.79 Å². The van der Waals surface area contributed by atoms with Crippen molar-refractivity contribution in [3.05, 3.63) is 47.5 Å². The molecule has 2 rings (SSSR count). The Hall–Kier alpha value is -2.88. The maximum absolute atomic E-state index is 12.0. The van der Waals surface area contributed by atoms with E-state index in [1.807, 2.05) is 0 Å². The van der Waals surface area contributed by atoms with Crippen molar-refractivity contribution < 1.29 is 54.6 Å². The summed E-state index contributed by atoms with van der Waals surface area (Å²) in [7, 11) is -9.72. The van der Waals surface area contributed by atoms with Crippen molar-refractivity contribution in [2.24, 2.45) is 0 Å². The first-order valence-electron chi connectivity index (χ1n) is 9.63. The minimum Gasteiger partial charge on any atom is -0.425 e. The molecule has 12 nitrogen and oxygen atoms in total. The van der Waals surface area contributed by atoms with Crippen LogP contribution >= 0.6 is 23.2 Å². The largest absolute Gasteiger partial charge is 0.425 e. The van der Waals surface area contributed by atoms with Crippen molar-refractivity contribution in [3.8, 4) is 11.5 Å². The Bertz CT molecular complexity index is 1320. The van der Waals surface area contributed by atoms with Gasteiger partial charge in [-0.05, 0) is 72.4 Å². The fraction of sp³-hybridized carbons (Fsp3) is 0.200. The monoisotopic (exact) mass is 582 g/mol. The molecule has 36 heavy (non-hydrogen) atoms. The summed E-state index contributed by atoms with van der Waals surface area (Å²) in [6.07, 6.45) is -0.481. The lowest BCUT2D eigenvalue weighted by Gasteiger charge is -2.10. The van der Waals surface area contributed by atoms with E-state index in [0.717, 1.165) is 36.4 Å². The molecule has 0 saturated carbocycles. The number of hydrogen-bond donors (Lipinski definition) is 2. The molecule has 0 spiro atoms. The van der Waals surface area contributed by atoms with Crippen LogP contribution in [0.5, 0.6) is 11.5 Å². The smallest absolute Gasteiger partial charge is 0.311 e. The molecule has 0 heterocycles. The van der Waals surface area contributed by atoms with Gasteiger partial charge in [-0.1, -0.05) is 0 Å². The number of carbonyl (C=O) groups excluding carboxylic acids is 4. The number of halogens is 2. The van der Waals surface area contributed by atoms with Crippen LogP contribution in [0.3, 0.4) is 0 Å². The molecule has 0 aliphatic carbocycles. The minimum atomic E-state index is -4.86. The summed E-state index contributed by atoms with van der Waals surface area (Å²) < 4.78 is 74.5. The second-order valence-electron chi connectivity index (χ2n) is 6.98. The highest BCUT2D eigenvalue weighted by Gasteiger charge is 2.23. The van der Waals surface area contributed by atoms with Crippen molar-refractivity contribution in [2.45, 2.75) is 35.5 Å². The molecule has 0 amide bonds. The first kappa shape index (κ1) is 29.4. The Kier molecular flexibility index (Phi) is 9.70. The summed E-state index contributed by atoms with van der Waals surface area (Å²) in [5.74, 6) is -2.93. The van der Waals surface area contributed by atoms with Gasteiger partial charge in [-0.3, -0.25) is 28.3 Å². The topological polar surface area (TPSA) is 195 Å². The van der Waals surface area contributed by atoms with E-state index in [9.17, 15) is 45.1 Å². The number of carbonyl (C=O) groups is 4.